The number of aliphatic hydroxyl groups excluding tert-OH is 1. The molecule has 3 fully saturated rings. The van der Waals surface area contributed by atoms with Crippen LogP contribution in [0.3, 0.4) is 0 Å². The van der Waals surface area contributed by atoms with E-state index in [1.807, 2.05) is 0 Å². The fourth-order valence-electron chi connectivity index (χ4n) is 2.31. The molecule has 3 rings (SSSR count). The van der Waals surface area contributed by atoms with Gasteiger partial charge < -0.3 is 5.11 Å². The Kier molecular flexibility index (Phi) is 0.961. The smallest absolute Gasteiger partial charge is 0.0615 e. The lowest BCUT2D eigenvalue weighted by molar-refractivity contribution is -0.00330. The van der Waals surface area contributed by atoms with E-state index in [2.05, 4.69) is 4.90 Å². The van der Waals surface area contributed by atoms with Gasteiger partial charge in [-0.3, -0.25) is 4.90 Å². The largest absolute Gasteiger partial charge is 0.394 e. The second-order valence-corrected chi connectivity index (χ2v) is 4.74. The van der Waals surface area contributed by atoms with Gasteiger partial charge in [0.05, 0.1) is 6.61 Å². The molecule has 1 heterocycles. The number of hydrogen-bond donors (Lipinski definition) is 1. The lowest BCUT2D eigenvalue weighted by atomic mass is 9.94. The average Bonchev–Trinajstić information content (AvgIpc) is 2.81. The van der Waals surface area contributed by atoms with Crippen LogP contribution in [0.15, 0.2) is 0 Å². The van der Waals surface area contributed by atoms with Gasteiger partial charge in [0.1, 0.15) is 0 Å². The molecule has 1 N–H and O–H groups in total. The Bertz CT molecular complexity index is 186. The van der Waals surface area contributed by atoms with Gasteiger partial charge in [-0.2, -0.15) is 0 Å². The average molecular weight is 153 g/mol. The standard InChI is InChI=1S/C9H15NO/c11-7-9(3-4-9)10-5-8(6-10)1-2-8/h11H,1-7H2. The molecule has 1 saturated heterocycles. The third-order valence-corrected chi connectivity index (χ3v) is 3.80. The molecule has 0 bridgehead atoms. The highest BCUT2D eigenvalue weighted by Crippen LogP contribution is 2.58. The molecule has 1 spiro atoms. The van der Waals surface area contributed by atoms with E-state index in [9.17, 15) is 0 Å². The van der Waals surface area contributed by atoms with Gasteiger partial charge in [-0.25, -0.2) is 0 Å². The molecule has 0 aromatic rings. The molecule has 0 unspecified atom stereocenters. The topological polar surface area (TPSA) is 23.5 Å². The molecule has 1 aliphatic heterocycles. The van der Waals surface area contributed by atoms with Gasteiger partial charge in [-0.05, 0) is 31.1 Å². The zero-order chi connectivity index (χ0) is 7.53. The van der Waals surface area contributed by atoms with Crippen molar-refractivity contribution in [1.82, 2.24) is 4.90 Å². The molecule has 0 atom stereocenters. The van der Waals surface area contributed by atoms with Gasteiger partial charge in [0.2, 0.25) is 0 Å². The van der Waals surface area contributed by atoms with Crippen LogP contribution in [0, 0.1) is 5.41 Å². The molecule has 11 heavy (non-hydrogen) atoms. The van der Waals surface area contributed by atoms with Crippen LogP contribution < -0.4 is 0 Å². The van der Waals surface area contributed by atoms with E-state index in [1.165, 1.54) is 38.8 Å². The van der Waals surface area contributed by atoms with Crippen molar-refractivity contribution in [2.45, 2.75) is 31.2 Å². The SMILES string of the molecule is OCC1(N2CC3(CC3)C2)CC1. The van der Waals surface area contributed by atoms with E-state index in [-0.39, 0.29) is 5.54 Å². The van der Waals surface area contributed by atoms with Crippen LogP contribution in [-0.4, -0.2) is 35.2 Å². The minimum absolute atomic E-state index is 0.272. The molecule has 0 radical (unpaired) electrons. The van der Waals surface area contributed by atoms with Crippen LogP contribution in [0.1, 0.15) is 25.7 Å². The Balaban J connectivity index is 1.65. The fourth-order valence-corrected chi connectivity index (χ4v) is 2.31. The monoisotopic (exact) mass is 153 g/mol. The first kappa shape index (κ1) is 6.44. The minimum Gasteiger partial charge on any atom is -0.394 e. The molecular weight excluding hydrogens is 138 g/mol. The molecule has 62 valence electrons. The first-order chi connectivity index (χ1) is 5.29. The number of likely N-dealkylation sites (tertiary alicyclic amines) is 1. The van der Waals surface area contributed by atoms with E-state index < -0.39 is 0 Å². The van der Waals surface area contributed by atoms with Crippen LogP contribution in [0.25, 0.3) is 0 Å². The van der Waals surface area contributed by atoms with Crippen molar-refractivity contribution in [2.24, 2.45) is 5.41 Å². The van der Waals surface area contributed by atoms with Crippen molar-refractivity contribution >= 4 is 0 Å². The molecule has 0 aromatic heterocycles. The summed E-state index contributed by atoms with van der Waals surface area (Å²) in [7, 11) is 0. The first-order valence-electron chi connectivity index (χ1n) is 4.65. The van der Waals surface area contributed by atoms with Crippen molar-refractivity contribution in [3.05, 3.63) is 0 Å². The van der Waals surface area contributed by atoms with Crippen molar-refractivity contribution in [3.8, 4) is 0 Å². The minimum atomic E-state index is 0.272. The first-order valence-corrected chi connectivity index (χ1v) is 4.65. The Morgan fingerprint density at radius 2 is 1.73 bits per heavy atom. The van der Waals surface area contributed by atoms with Crippen molar-refractivity contribution in [1.29, 1.82) is 0 Å². The molecule has 0 amide bonds. The Morgan fingerprint density at radius 3 is 2.09 bits per heavy atom. The summed E-state index contributed by atoms with van der Waals surface area (Å²) < 4.78 is 0. The predicted molar refractivity (Wildman–Crippen MR) is 42.3 cm³/mol. The number of hydrogen-bond acceptors (Lipinski definition) is 2. The summed E-state index contributed by atoms with van der Waals surface area (Å²) in [6.45, 7) is 2.96. The van der Waals surface area contributed by atoms with Crippen molar-refractivity contribution in [2.75, 3.05) is 19.7 Å². The second-order valence-electron chi connectivity index (χ2n) is 4.74. The summed E-state index contributed by atoms with van der Waals surface area (Å²) in [5, 5.41) is 9.14. The molecule has 0 aromatic carbocycles. The summed E-state index contributed by atoms with van der Waals surface area (Å²) in [4.78, 5) is 2.50. The maximum absolute atomic E-state index is 9.14. The van der Waals surface area contributed by atoms with Crippen molar-refractivity contribution in [3.63, 3.8) is 0 Å². The summed E-state index contributed by atoms with van der Waals surface area (Å²) in [6.07, 6.45) is 5.37. The normalized spacial score (nSPS) is 36.8. The maximum atomic E-state index is 9.14. The van der Waals surface area contributed by atoms with Gasteiger partial charge in [0.15, 0.2) is 0 Å². The van der Waals surface area contributed by atoms with E-state index in [0.29, 0.717) is 6.61 Å². The van der Waals surface area contributed by atoms with Crippen LogP contribution in [0.4, 0.5) is 0 Å². The van der Waals surface area contributed by atoms with Crippen LogP contribution in [0.2, 0.25) is 0 Å². The summed E-state index contributed by atoms with van der Waals surface area (Å²) in [6, 6.07) is 0. The molecule has 2 heteroatoms. The van der Waals surface area contributed by atoms with Gasteiger partial charge >= 0.3 is 0 Å². The Morgan fingerprint density at radius 1 is 1.09 bits per heavy atom. The van der Waals surface area contributed by atoms with E-state index in [0.717, 1.165) is 5.41 Å². The van der Waals surface area contributed by atoms with Crippen LogP contribution >= 0.6 is 0 Å². The summed E-state index contributed by atoms with van der Waals surface area (Å²) >= 11 is 0. The van der Waals surface area contributed by atoms with Crippen molar-refractivity contribution < 1.29 is 5.11 Å². The van der Waals surface area contributed by atoms with Crippen LogP contribution in [0.5, 0.6) is 0 Å². The van der Waals surface area contributed by atoms with E-state index in [1.54, 1.807) is 0 Å². The number of aliphatic hydroxyl groups is 1. The summed E-state index contributed by atoms with van der Waals surface area (Å²) in [5.41, 5.74) is 1.03. The number of rotatable bonds is 2. The lowest BCUT2D eigenvalue weighted by Gasteiger charge is -2.45. The quantitative estimate of drug-likeness (QED) is 0.628. The maximum Gasteiger partial charge on any atom is 0.0615 e. The zero-order valence-corrected chi connectivity index (χ0v) is 6.84. The molecule has 2 aliphatic carbocycles. The Hall–Kier alpha value is -0.0800. The van der Waals surface area contributed by atoms with Gasteiger partial charge in [-0.15, -0.1) is 0 Å². The van der Waals surface area contributed by atoms with E-state index >= 15 is 0 Å². The fraction of sp³-hybridized carbons (Fsp3) is 1.00. The van der Waals surface area contributed by atoms with Gasteiger partial charge in [0, 0.05) is 18.6 Å². The highest BCUT2D eigenvalue weighted by Gasteiger charge is 2.60. The highest BCUT2D eigenvalue weighted by atomic mass is 16.3. The molecule has 2 nitrogen and oxygen atoms in total. The highest BCUT2D eigenvalue weighted by molar-refractivity contribution is 5.15. The third-order valence-electron chi connectivity index (χ3n) is 3.80. The van der Waals surface area contributed by atoms with Gasteiger partial charge in [-0.1, -0.05) is 0 Å². The summed E-state index contributed by atoms with van der Waals surface area (Å²) in [5.74, 6) is 0. The van der Waals surface area contributed by atoms with Crippen LogP contribution in [-0.2, 0) is 0 Å². The molecule has 3 aliphatic rings. The second kappa shape index (κ2) is 1.64. The zero-order valence-electron chi connectivity index (χ0n) is 6.84. The molecular formula is C9H15NO. The third kappa shape index (κ3) is 0.744. The Labute approximate surface area is 67.2 Å². The van der Waals surface area contributed by atoms with Gasteiger partial charge in [0.25, 0.3) is 0 Å². The van der Waals surface area contributed by atoms with E-state index in [4.69, 9.17) is 5.11 Å². The number of nitrogens with zero attached hydrogens (tertiary/aromatic N) is 1. The lowest BCUT2D eigenvalue weighted by Crippen LogP contribution is -2.56. The molecule has 2 saturated carbocycles. The predicted octanol–water partition coefficient (Wildman–Crippen LogP) is 0.607.